The molecule has 0 saturated heterocycles. The number of rotatable bonds is 6. The quantitative estimate of drug-likeness (QED) is 0.104. The molecular weight excluding hydrogens is 422 g/mol. The van der Waals surface area contributed by atoms with Crippen LogP contribution in [0.4, 0.5) is 0 Å². The van der Waals surface area contributed by atoms with Crippen LogP contribution in [0.5, 0.6) is 5.75 Å². The number of aryl methyl sites for hydroxylation is 1. The molecule has 176 valence electrons. The van der Waals surface area contributed by atoms with Gasteiger partial charge in [0, 0.05) is 22.7 Å². The number of nitrogens with zero attached hydrogens (tertiary/aromatic N) is 3. The standard InChI is InChI=1S/C25H23N5O.C2H6.CH4/c1-2-19-15-24(22-9-5-6-10-23(22)28-19)31-16-17-11-13-18(14-12-17)20-7-3-4-8-21(20)25(26)29-30-27;1-2;/h3-15H,2,16H2,1H3,(H3,26,27,29);1-2H3;1H4. The van der Waals surface area contributed by atoms with Gasteiger partial charge in [-0.15, -0.1) is 5.11 Å². The van der Waals surface area contributed by atoms with Crippen LogP contribution < -0.4 is 10.6 Å². The van der Waals surface area contributed by atoms with Crippen LogP contribution in [0, 0.1) is 5.41 Å². The predicted molar refractivity (Wildman–Crippen MR) is 141 cm³/mol. The molecule has 0 saturated carbocycles. The van der Waals surface area contributed by atoms with Crippen molar-refractivity contribution in [1.29, 1.82) is 5.41 Å². The van der Waals surface area contributed by atoms with Gasteiger partial charge in [0.15, 0.2) is 5.84 Å². The van der Waals surface area contributed by atoms with E-state index in [2.05, 4.69) is 22.2 Å². The molecule has 6 heteroatoms. The summed E-state index contributed by atoms with van der Waals surface area (Å²) in [5.74, 6) is 5.98. The van der Waals surface area contributed by atoms with Gasteiger partial charge < -0.3 is 10.6 Å². The molecule has 4 aromatic rings. The zero-order valence-electron chi connectivity index (χ0n) is 19.2. The number of nitrogens with one attached hydrogen (secondary N) is 1. The Labute approximate surface area is 202 Å². The second-order valence-corrected chi connectivity index (χ2v) is 7.08. The van der Waals surface area contributed by atoms with E-state index in [0.717, 1.165) is 45.5 Å². The summed E-state index contributed by atoms with van der Waals surface area (Å²) in [6.07, 6.45) is 0.855. The first-order valence-electron chi connectivity index (χ1n) is 11.1. The Hall–Kier alpha value is -4.06. The maximum absolute atomic E-state index is 8.06. The molecule has 0 aliphatic carbocycles. The Bertz CT molecular complexity index is 1250. The van der Waals surface area contributed by atoms with Crippen molar-refractivity contribution in [2.45, 2.75) is 41.2 Å². The molecule has 3 N–H and O–H groups in total. The van der Waals surface area contributed by atoms with Crippen molar-refractivity contribution >= 4 is 16.7 Å². The topological polar surface area (TPSA) is 96.7 Å². The Balaban J connectivity index is 0.00000133. The van der Waals surface area contributed by atoms with Gasteiger partial charge in [0.2, 0.25) is 0 Å². The van der Waals surface area contributed by atoms with Crippen molar-refractivity contribution in [2.24, 2.45) is 16.2 Å². The molecule has 0 bridgehead atoms. The molecule has 4 rings (SSSR count). The Morgan fingerprint density at radius 1 is 0.971 bits per heavy atom. The summed E-state index contributed by atoms with van der Waals surface area (Å²) in [5, 5.41) is 16.0. The lowest BCUT2D eigenvalue weighted by atomic mass is 9.98. The van der Waals surface area contributed by atoms with Crippen LogP contribution in [0.25, 0.3) is 22.0 Å². The van der Waals surface area contributed by atoms with Crippen LogP contribution in [-0.2, 0) is 13.0 Å². The van der Waals surface area contributed by atoms with E-state index in [1.165, 1.54) is 0 Å². The Kier molecular flexibility index (Phi) is 9.90. The number of aromatic nitrogens is 1. The van der Waals surface area contributed by atoms with Crippen molar-refractivity contribution in [3.05, 3.63) is 95.7 Å². The van der Waals surface area contributed by atoms with E-state index in [1.807, 2.05) is 92.7 Å². The van der Waals surface area contributed by atoms with Crippen LogP contribution in [0.1, 0.15) is 45.0 Å². The van der Waals surface area contributed by atoms with Crippen molar-refractivity contribution in [2.75, 3.05) is 0 Å². The highest BCUT2D eigenvalue weighted by Crippen LogP contribution is 2.28. The molecule has 0 fully saturated rings. The Morgan fingerprint density at radius 3 is 2.35 bits per heavy atom. The number of fused-ring (bicyclic) bond motifs is 1. The number of benzene rings is 3. The van der Waals surface area contributed by atoms with Gasteiger partial charge in [-0.05, 0) is 35.2 Å². The average Bonchev–Trinajstić information content (AvgIpc) is 2.88. The minimum absolute atomic E-state index is 0. The fraction of sp³-hybridized carbons (Fsp3) is 0.214. The summed E-state index contributed by atoms with van der Waals surface area (Å²) in [5.41, 5.74) is 5.57. The number of hydrogen-bond acceptors (Lipinski definition) is 4. The normalized spacial score (nSPS) is 10.3. The number of nitrogens with two attached hydrogens (primary N) is 1. The van der Waals surface area contributed by atoms with Crippen LogP contribution in [-0.4, -0.2) is 10.8 Å². The van der Waals surface area contributed by atoms with Gasteiger partial charge in [-0.3, -0.25) is 10.4 Å². The summed E-state index contributed by atoms with van der Waals surface area (Å²) < 4.78 is 6.17. The lowest BCUT2D eigenvalue weighted by Crippen LogP contribution is -2.00. The molecule has 0 radical (unpaired) electrons. The molecule has 3 aromatic carbocycles. The van der Waals surface area contributed by atoms with Crippen molar-refractivity contribution in [3.8, 4) is 16.9 Å². The van der Waals surface area contributed by atoms with Gasteiger partial charge >= 0.3 is 0 Å². The van der Waals surface area contributed by atoms with E-state index in [-0.39, 0.29) is 13.3 Å². The highest BCUT2D eigenvalue weighted by Gasteiger charge is 2.10. The highest BCUT2D eigenvalue weighted by molar-refractivity contribution is 6.02. The zero-order chi connectivity index (χ0) is 23.6. The van der Waals surface area contributed by atoms with E-state index in [1.54, 1.807) is 0 Å². The second-order valence-electron chi connectivity index (χ2n) is 7.08. The molecule has 0 aliphatic heterocycles. The summed E-state index contributed by atoms with van der Waals surface area (Å²) in [4.78, 5) is 4.67. The Morgan fingerprint density at radius 2 is 1.65 bits per heavy atom. The zero-order valence-corrected chi connectivity index (χ0v) is 19.2. The van der Waals surface area contributed by atoms with Crippen molar-refractivity contribution in [1.82, 2.24) is 4.98 Å². The number of hydrogen-bond donors (Lipinski definition) is 2. The second kappa shape index (κ2) is 12.8. The van der Waals surface area contributed by atoms with E-state index in [0.29, 0.717) is 12.2 Å². The lowest BCUT2D eigenvalue weighted by molar-refractivity contribution is 0.309. The number of pyridine rings is 1. The maximum atomic E-state index is 8.06. The van der Waals surface area contributed by atoms with Gasteiger partial charge in [-0.2, -0.15) is 0 Å². The van der Waals surface area contributed by atoms with E-state index >= 15 is 0 Å². The fourth-order valence-electron chi connectivity index (χ4n) is 3.49. The van der Waals surface area contributed by atoms with Crippen molar-refractivity contribution < 1.29 is 4.74 Å². The predicted octanol–water partition coefficient (Wildman–Crippen LogP) is 7.36. The number of para-hydroxylation sites is 1. The summed E-state index contributed by atoms with van der Waals surface area (Å²) in [6.45, 7) is 6.54. The van der Waals surface area contributed by atoms with Gasteiger partial charge in [0.25, 0.3) is 0 Å². The van der Waals surface area contributed by atoms with Crippen LogP contribution >= 0.6 is 0 Å². The largest absolute Gasteiger partial charge is 0.488 e. The first kappa shape index (κ1) is 26.2. The molecule has 0 atom stereocenters. The smallest absolute Gasteiger partial charge is 0.176 e. The SMILES string of the molecule is C.CC.CCc1cc(OCc2ccc(-c3ccccc3C(=N)N=NN)cc2)c2ccccc2n1. The van der Waals surface area contributed by atoms with Crippen molar-refractivity contribution in [3.63, 3.8) is 0 Å². The van der Waals surface area contributed by atoms with E-state index < -0.39 is 0 Å². The maximum Gasteiger partial charge on any atom is 0.176 e. The van der Waals surface area contributed by atoms with Gasteiger partial charge in [0.05, 0.1) is 5.52 Å². The molecule has 1 heterocycles. The minimum Gasteiger partial charge on any atom is -0.488 e. The lowest BCUT2D eigenvalue weighted by Gasteiger charge is -2.12. The third-order valence-corrected chi connectivity index (χ3v) is 5.09. The molecule has 0 amide bonds. The monoisotopic (exact) mass is 455 g/mol. The molecule has 1 aromatic heterocycles. The van der Waals surface area contributed by atoms with Crippen LogP contribution in [0.2, 0.25) is 0 Å². The molecule has 0 aliphatic rings. The molecule has 34 heavy (non-hydrogen) atoms. The molecular formula is C28H33N5O. The summed E-state index contributed by atoms with van der Waals surface area (Å²) in [7, 11) is 0. The molecule has 6 nitrogen and oxygen atoms in total. The van der Waals surface area contributed by atoms with Gasteiger partial charge in [0.1, 0.15) is 12.4 Å². The first-order chi connectivity index (χ1) is 16.2. The third-order valence-electron chi connectivity index (χ3n) is 5.09. The molecule has 0 spiro atoms. The summed E-state index contributed by atoms with van der Waals surface area (Å²) in [6, 6.07) is 25.7. The highest BCUT2D eigenvalue weighted by atomic mass is 16.5. The first-order valence-corrected chi connectivity index (χ1v) is 11.1. The molecule has 0 unspecified atom stereocenters. The third kappa shape index (κ3) is 6.04. The number of amidine groups is 1. The van der Waals surface area contributed by atoms with E-state index in [4.69, 9.17) is 16.0 Å². The van der Waals surface area contributed by atoms with Gasteiger partial charge in [-0.25, -0.2) is 0 Å². The van der Waals surface area contributed by atoms with Gasteiger partial charge in [-0.1, -0.05) is 94.1 Å². The van der Waals surface area contributed by atoms with E-state index in [9.17, 15) is 0 Å². The fourth-order valence-corrected chi connectivity index (χ4v) is 3.49. The average molecular weight is 456 g/mol. The van der Waals surface area contributed by atoms with Crippen LogP contribution in [0.3, 0.4) is 0 Å². The number of ether oxygens (including phenoxy) is 1. The minimum atomic E-state index is 0. The summed E-state index contributed by atoms with van der Waals surface area (Å²) >= 11 is 0. The van der Waals surface area contributed by atoms with Crippen LogP contribution in [0.15, 0.2) is 89.2 Å².